The number of nitrogens with one attached hydrogen (secondary N) is 1. The molecule has 1 atom stereocenters. The summed E-state index contributed by atoms with van der Waals surface area (Å²) < 4.78 is 14.3. The summed E-state index contributed by atoms with van der Waals surface area (Å²) in [5.74, 6) is -0.317. The fourth-order valence-electron chi connectivity index (χ4n) is 2.46. The minimum atomic E-state index is -0.277. The minimum Gasteiger partial charge on any atom is -0.393 e. The Morgan fingerprint density at radius 2 is 2.18 bits per heavy atom. The van der Waals surface area contributed by atoms with E-state index in [1.54, 1.807) is 6.07 Å². The molecule has 0 aliphatic carbocycles. The maximum absolute atomic E-state index is 14.3. The molecule has 6 heteroatoms. The third-order valence-electron chi connectivity index (χ3n) is 4.01. The second-order valence-corrected chi connectivity index (χ2v) is 6.78. The third kappa shape index (κ3) is 4.36. The predicted molar refractivity (Wildman–Crippen MR) is 88.7 cm³/mol. The number of halogens is 1. The summed E-state index contributed by atoms with van der Waals surface area (Å²) in [6.45, 7) is 3.51. The van der Waals surface area contributed by atoms with Gasteiger partial charge in [-0.15, -0.1) is 0 Å². The van der Waals surface area contributed by atoms with Gasteiger partial charge in [0.15, 0.2) is 0 Å². The van der Waals surface area contributed by atoms with Gasteiger partial charge in [0.05, 0.1) is 17.0 Å². The quantitative estimate of drug-likeness (QED) is 0.871. The number of nitrogens with zero attached hydrogens (tertiary/aromatic N) is 1. The molecule has 1 amide bonds. The molecule has 4 nitrogen and oxygen atoms in total. The van der Waals surface area contributed by atoms with Crippen LogP contribution >= 0.6 is 11.8 Å². The Kier molecular flexibility index (Phi) is 6.08. The van der Waals surface area contributed by atoms with E-state index in [1.807, 2.05) is 24.1 Å². The van der Waals surface area contributed by atoms with Crippen molar-refractivity contribution in [3.8, 4) is 0 Å². The standard InChI is InChI=1S/C16H23FN2O2S/c1-11(22-2)16(21)18-10-12-3-4-15(14(17)9-12)19-7-5-13(20)6-8-19/h3-4,9,11,13,20H,5-8,10H2,1-2H3,(H,18,21). The highest BCUT2D eigenvalue weighted by atomic mass is 32.2. The van der Waals surface area contributed by atoms with E-state index >= 15 is 0 Å². The molecule has 0 aromatic heterocycles. The molecule has 0 radical (unpaired) electrons. The number of hydrogen-bond acceptors (Lipinski definition) is 4. The number of thioether (sulfide) groups is 1. The average Bonchev–Trinajstić information content (AvgIpc) is 2.53. The number of benzene rings is 1. The summed E-state index contributed by atoms with van der Waals surface area (Å²) in [4.78, 5) is 13.7. The van der Waals surface area contributed by atoms with Crippen LogP contribution in [0.1, 0.15) is 25.3 Å². The molecule has 1 aliphatic heterocycles. The molecule has 1 aliphatic rings. The second-order valence-electron chi connectivity index (χ2n) is 5.60. The third-order valence-corrected chi connectivity index (χ3v) is 4.93. The first kappa shape index (κ1) is 17.1. The molecule has 1 aromatic carbocycles. The molecule has 0 spiro atoms. The topological polar surface area (TPSA) is 52.6 Å². The van der Waals surface area contributed by atoms with Gasteiger partial charge in [0.1, 0.15) is 5.82 Å². The van der Waals surface area contributed by atoms with Crippen LogP contribution in [-0.2, 0) is 11.3 Å². The maximum atomic E-state index is 14.3. The van der Waals surface area contributed by atoms with Crippen molar-refractivity contribution in [1.29, 1.82) is 0 Å². The van der Waals surface area contributed by atoms with Gasteiger partial charge in [0.25, 0.3) is 0 Å². The van der Waals surface area contributed by atoms with Crippen LogP contribution in [0.4, 0.5) is 10.1 Å². The zero-order chi connectivity index (χ0) is 16.1. The number of rotatable bonds is 5. The molecule has 1 fully saturated rings. The van der Waals surface area contributed by atoms with E-state index in [-0.39, 0.29) is 23.1 Å². The lowest BCUT2D eigenvalue weighted by molar-refractivity contribution is -0.120. The Labute approximate surface area is 135 Å². The highest BCUT2D eigenvalue weighted by Gasteiger charge is 2.19. The van der Waals surface area contributed by atoms with Crippen LogP contribution in [0, 0.1) is 5.82 Å². The lowest BCUT2D eigenvalue weighted by Crippen LogP contribution is -2.36. The van der Waals surface area contributed by atoms with Gasteiger partial charge in [-0.05, 0) is 43.7 Å². The van der Waals surface area contributed by atoms with Gasteiger partial charge >= 0.3 is 0 Å². The number of amides is 1. The summed E-state index contributed by atoms with van der Waals surface area (Å²) in [5, 5.41) is 12.2. The molecule has 22 heavy (non-hydrogen) atoms. The second kappa shape index (κ2) is 7.83. The number of anilines is 1. The molecule has 2 N–H and O–H groups in total. The number of carbonyl (C=O) groups is 1. The summed E-state index contributed by atoms with van der Waals surface area (Å²) in [5.41, 5.74) is 1.32. The molecule has 0 saturated carbocycles. The van der Waals surface area contributed by atoms with Gasteiger partial charge in [0.2, 0.25) is 5.91 Å². The normalized spacial score (nSPS) is 17.4. The molecule has 1 aromatic rings. The number of aliphatic hydroxyl groups excluding tert-OH is 1. The molecule has 122 valence electrons. The first-order valence-corrected chi connectivity index (χ1v) is 8.82. The van der Waals surface area contributed by atoms with E-state index in [0.29, 0.717) is 38.2 Å². The first-order chi connectivity index (χ1) is 10.5. The fourth-order valence-corrected chi connectivity index (χ4v) is 2.76. The number of aliphatic hydroxyl groups is 1. The van der Waals surface area contributed by atoms with E-state index in [4.69, 9.17) is 0 Å². The maximum Gasteiger partial charge on any atom is 0.233 e. The zero-order valence-electron chi connectivity index (χ0n) is 13.0. The van der Waals surface area contributed by atoms with E-state index < -0.39 is 0 Å². The highest BCUT2D eigenvalue weighted by Crippen LogP contribution is 2.24. The highest BCUT2D eigenvalue weighted by molar-refractivity contribution is 7.99. The van der Waals surface area contributed by atoms with Gasteiger partial charge in [0, 0.05) is 19.6 Å². The van der Waals surface area contributed by atoms with Gasteiger partial charge in [-0.1, -0.05) is 6.07 Å². The Hall–Kier alpha value is -1.27. The fraction of sp³-hybridized carbons (Fsp3) is 0.562. The smallest absolute Gasteiger partial charge is 0.233 e. The van der Waals surface area contributed by atoms with Crippen LogP contribution in [0.5, 0.6) is 0 Å². The van der Waals surface area contributed by atoms with Gasteiger partial charge < -0.3 is 15.3 Å². The SMILES string of the molecule is CSC(C)C(=O)NCc1ccc(N2CCC(O)CC2)c(F)c1. The van der Waals surface area contributed by atoms with Crippen molar-refractivity contribution in [2.75, 3.05) is 24.2 Å². The number of piperidine rings is 1. The number of carbonyl (C=O) groups excluding carboxylic acids is 1. The Morgan fingerprint density at radius 3 is 2.77 bits per heavy atom. The summed E-state index contributed by atoms with van der Waals surface area (Å²) >= 11 is 1.48. The van der Waals surface area contributed by atoms with E-state index in [9.17, 15) is 14.3 Å². The van der Waals surface area contributed by atoms with Crippen molar-refractivity contribution in [2.24, 2.45) is 0 Å². The monoisotopic (exact) mass is 326 g/mol. The van der Waals surface area contributed by atoms with Crippen molar-refractivity contribution >= 4 is 23.4 Å². The van der Waals surface area contributed by atoms with Gasteiger partial charge in [-0.25, -0.2) is 4.39 Å². The van der Waals surface area contributed by atoms with Crippen LogP contribution in [0.15, 0.2) is 18.2 Å². The summed E-state index contributed by atoms with van der Waals surface area (Å²) in [6.07, 6.45) is 2.95. The van der Waals surface area contributed by atoms with Crippen LogP contribution < -0.4 is 10.2 Å². The minimum absolute atomic E-state index is 0.0398. The van der Waals surface area contributed by atoms with Crippen molar-refractivity contribution in [2.45, 2.75) is 37.7 Å². The van der Waals surface area contributed by atoms with Crippen molar-refractivity contribution < 1.29 is 14.3 Å². The Balaban J connectivity index is 1.96. The lowest BCUT2D eigenvalue weighted by atomic mass is 10.1. The predicted octanol–water partition coefficient (Wildman–Crippen LogP) is 2.15. The zero-order valence-corrected chi connectivity index (χ0v) is 13.8. The van der Waals surface area contributed by atoms with Crippen LogP contribution in [0.25, 0.3) is 0 Å². The molecule has 1 heterocycles. The van der Waals surface area contributed by atoms with Gasteiger partial charge in [-0.2, -0.15) is 11.8 Å². The van der Waals surface area contributed by atoms with Gasteiger partial charge in [-0.3, -0.25) is 4.79 Å². The molecular formula is C16H23FN2O2S. The Bertz CT molecular complexity index is 519. The van der Waals surface area contributed by atoms with Crippen molar-refractivity contribution in [1.82, 2.24) is 5.32 Å². The summed E-state index contributed by atoms with van der Waals surface area (Å²) in [6, 6.07) is 5.07. The molecular weight excluding hydrogens is 303 g/mol. The molecule has 0 bridgehead atoms. The Morgan fingerprint density at radius 1 is 1.50 bits per heavy atom. The largest absolute Gasteiger partial charge is 0.393 e. The average molecular weight is 326 g/mol. The first-order valence-electron chi connectivity index (χ1n) is 7.53. The van der Waals surface area contributed by atoms with E-state index in [2.05, 4.69) is 5.32 Å². The molecule has 2 rings (SSSR count). The molecule has 1 saturated heterocycles. The van der Waals surface area contributed by atoms with E-state index in [1.165, 1.54) is 17.8 Å². The summed E-state index contributed by atoms with van der Waals surface area (Å²) in [7, 11) is 0. The van der Waals surface area contributed by atoms with Crippen molar-refractivity contribution in [3.05, 3.63) is 29.6 Å². The van der Waals surface area contributed by atoms with Crippen molar-refractivity contribution in [3.63, 3.8) is 0 Å². The van der Waals surface area contributed by atoms with E-state index in [0.717, 1.165) is 5.56 Å². The lowest BCUT2D eigenvalue weighted by Gasteiger charge is -2.31. The van der Waals surface area contributed by atoms with Crippen LogP contribution in [0.3, 0.4) is 0 Å². The molecule has 1 unspecified atom stereocenters. The van der Waals surface area contributed by atoms with Crippen LogP contribution in [-0.4, -0.2) is 41.7 Å². The number of hydrogen-bond donors (Lipinski definition) is 2. The van der Waals surface area contributed by atoms with Crippen LogP contribution in [0.2, 0.25) is 0 Å².